The SMILES string of the molecule is CC(=O)OOC(=O)CN. The van der Waals surface area contributed by atoms with Gasteiger partial charge in [0.05, 0.1) is 6.54 Å². The van der Waals surface area contributed by atoms with Crippen LogP contribution in [0.2, 0.25) is 0 Å². The predicted octanol–water partition coefficient (Wildman–Crippen LogP) is -1.03. The fourth-order valence-electron chi connectivity index (χ4n) is 0.139. The summed E-state index contributed by atoms with van der Waals surface area (Å²) in [5.74, 6) is -1.46. The maximum absolute atomic E-state index is 10.1. The van der Waals surface area contributed by atoms with Crippen molar-refractivity contribution in [2.24, 2.45) is 5.73 Å². The highest BCUT2D eigenvalue weighted by atomic mass is 17.2. The second-order valence-corrected chi connectivity index (χ2v) is 1.23. The summed E-state index contributed by atoms with van der Waals surface area (Å²) >= 11 is 0. The molecule has 0 aliphatic carbocycles. The molecule has 0 amide bonds. The van der Waals surface area contributed by atoms with Gasteiger partial charge in [0, 0.05) is 6.92 Å². The van der Waals surface area contributed by atoms with Crippen LogP contribution >= 0.6 is 0 Å². The summed E-state index contributed by atoms with van der Waals surface area (Å²) in [5, 5.41) is 0. The van der Waals surface area contributed by atoms with Crippen molar-refractivity contribution in [1.29, 1.82) is 0 Å². The third kappa shape index (κ3) is 4.76. The van der Waals surface area contributed by atoms with Crippen LogP contribution in [0.4, 0.5) is 0 Å². The second kappa shape index (κ2) is 3.85. The molecule has 0 saturated carbocycles. The first-order valence-corrected chi connectivity index (χ1v) is 2.24. The highest BCUT2D eigenvalue weighted by Crippen LogP contribution is 1.78. The van der Waals surface area contributed by atoms with Crippen LogP contribution in [0.3, 0.4) is 0 Å². The zero-order valence-electron chi connectivity index (χ0n) is 4.92. The van der Waals surface area contributed by atoms with Crippen LogP contribution in [-0.2, 0) is 19.4 Å². The number of rotatable bonds is 1. The fraction of sp³-hybridized carbons (Fsp3) is 0.500. The van der Waals surface area contributed by atoms with E-state index >= 15 is 0 Å². The molecular formula is C4H7NO4. The van der Waals surface area contributed by atoms with Crippen molar-refractivity contribution < 1.29 is 19.4 Å². The summed E-state index contributed by atoms with van der Waals surface area (Å²) in [4.78, 5) is 27.7. The molecule has 0 fully saturated rings. The van der Waals surface area contributed by atoms with Gasteiger partial charge in [-0.3, -0.25) is 0 Å². The number of carbonyl (C=O) groups is 2. The van der Waals surface area contributed by atoms with E-state index in [2.05, 4.69) is 9.78 Å². The van der Waals surface area contributed by atoms with Crippen LogP contribution in [-0.4, -0.2) is 18.5 Å². The molecule has 0 unspecified atom stereocenters. The quantitative estimate of drug-likeness (QED) is 0.365. The minimum atomic E-state index is -0.773. The molecule has 0 aromatic carbocycles. The van der Waals surface area contributed by atoms with Gasteiger partial charge in [0.1, 0.15) is 0 Å². The maximum Gasteiger partial charge on any atom is 0.368 e. The molecule has 0 aromatic heterocycles. The van der Waals surface area contributed by atoms with Gasteiger partial charge in [0.2, 0.25) is 0 Å². The summed E-state index contributed by atoms with van der Waals surface area (Å²) in [6.45, 7) is 0.817. The van der Waals surface area contributed by atoms with E-state index < -0.39 is 11.9 Å². The van der Waals surface area contributed by atoms with Crippen molar-refractivity contribution in [2.75, 3.05) is 6.54 Å². The van der Waals surface area contributed by atoms with E-state index in [1.165, 1.54) is 0 Å². The first-order valence-electron chi connectivity index (χ1n) is 2.24. The molecule has 0 atom stereocenters. The monoisotopic (exact) mass is 133 g/mol. The number of nitrogens with two attached hydrogens (primary N) is 1. The molecule has 0 aliphatic rings. The van der Waals surface area contributed by atoms with Crippen LogP contribution in [0.5, 0.6) is 0 Å². The second-order valence-electron chi connectivity index (χ2n) is 1.23. The third-order valence-electron chi connectivity index (χ3n) is 0.419. The molecule has 0 bridgehead atoms. The number of hydrogen-bond acceptors (Lipinski definition) is 5. The van der Waals surface area contributed by atoms with Crippen LogP contribution in [0.25, 0.3) is 0 Å². The van der Waals surface area contributed by atoms with Crippen LogP contribution in [0.1, 0.15) is 6.92 Å². The van der Waals surface area contributed by atoms with Gasteiger partial charge in [-0.1, -0.05) is 0 Å². The van der Waals surface area contributed by atoms with Gasteiger partial charge in [-0.15, -0.1) is 0 Å². The average Bonchev–Trinajstić information content (AvgIpc) is 1.83. The Labute approximate surface area is 51.7 Å². The lowest BCUT2D eigenvalue weighted by molar-refractivity contribution is -0.256. The van der Waals surface area contributed by atoms with Gasteiger partial charge >= 0.3 is 11.9 Å². The summed E-state index contributed by atoms with van der Waals surface area (Å²) in [6.07, 6.45) is 0. The Bertz CT molecular complexity index is 122. The molecule has 0 saturated heterocycles. The topological polar surface area (TPSA) is 78.6 Å². The fourth-order valence-corrected chi connectivity index (χ4v) is 0.139. The predicted molar refractivity (Wildman–Crippen MR) is 26.9 cm³/mol. The third-order valence-corrected chi connectivity index (χ3v) is 0.419. The Morgan fingerprint density at radius 2 is 2.00 bits per heavy atom. The molecular weight excluding hydrogens is 126 g/mol. The zero-order valence-corrected chi connectivity index (χ0v) is 4.92. The highest BCUT2D eigenvalue weighted by molar-refractivity contribution is 5.72. The lowest BCUT2D eigenvalue weighted by atomic mass is 10.7. The number of carbonyl (C=O) groups excluding carboxylic acids is 2. The molecule has 0 aliphatic heterocycles. The van der Waals surface area contributed by atoms with E-state index in [1.54, 1.807) is 0 Å². The molecule has 2 N–H and O–H groups in total. The molecule has 0 rings (SSSR count). The Balaban J connectivity index is 3.28. The highest BCUT2D eigenvalue weighted by Gasteiger charge is 2.00. The van der Waals surface area contributed by atoms with Gasteiger partial charge in [-0.25, -0.2) is 19.4 Å². The zero-order chi connectivity index (χ0) is 7.28. The van der Waals surface area contributed by atoms with Crippen molar-refractivity contribution in [3.8, 4) is 0 Å². The minimum Gasteiger partial charge on any atom is -0.321 e. The standard InChI is InChI=1S/C4H7NO4/c1-3(6)8-9-4(7)2-5/h2,5H2,1H3. The summed E-state index contributed by atoms with van der Waals surface area (Å²) in [5.41, 5.74) is 4.79. The summed E-state index contributed by atoms with van der Waals surface area (Å²) < 4.78 is 0. The smallest absolute Gasteiger partial charge is 0.321 e. The van der Waals surface area contributed by atoms with Gasteiger partial charge < -0.3 is 5.73 Å². The normalized spacial score (nSPS) is 8.22. The molecule has 9 heavy (non-hydrogen) atoms. The van der Waals surface area contributed by atoms with Gasteiger partial charge in [-0.05, 0) is 0 Å². The maximum atomic E-state index is 10.1. The van der Waals surface area contributed by atoms with Crippen LogP contribution < -0.4 is 5.73 Å². The van der Waals surface area contributed by atoms with Gasteiger partial charge in [-0.2, -0.15) is 0 Å². The first kappa shape index (κ1) is 7.90. The molecule has 0 radical (unpaired) electrons. The van der Waals surface area contributed by atoms with Gasteiger partial charge in [0.25, 0.3) is 0 Å². The summed E-state index contributed by atoms with van der Waals surface area (Å²) in [7, 11) is 0. The minimum absolute atomic E-state index is 0.298. The lowest BCUT2D eigenvalue weighted by Crippen LogP contribution is -2.18. The van der Waals surface area contributed by atoms with Crippen LogP contribution in [0, 0.1) is 0 Å². The molecule has 0 aromatic rings. The summed E-state index contributed by atoms with van der Waals surface area (Å²) in [6, 6.07) is 0. The largest absolute Gasteiger partial charge is 0.368 e. The Morgan fingerprint density at radius 3 is 2.33 bits per heavy atom. The van der Waals surface area contributed by atoms with Gasteiger partial charge in [0.15, 0.2) is 0 Å². The van der Waals surface area contributed by atoms with E-state index in [-0.39, 0.29) is 6.54 Å². The van der Waals surface area contributed by atoms with Crippen molar-refractivity contribution >= 4 is 11.9 Å². The van der Waals surface area contributed by atoms with E-state index in [0.717, 1.165) is 6.92 Å². The molecule has 5 heteroatoms. The molecule has 52 valence electrons. The molecule has 5 nitrogen and oxygen atoms in total. The average molecular weight is 133 g/mol. The van der Waals surface area contributed by atoms with E-state index in [4.69, 9.17) is 5.73 Å². The van der Waals surface area contributed by atoms with E-state index in [1.807, 2.05) is 0 Å². The van der Waals surface area contributed by atoms with Crippen molar-refractivity contribution in [2.45, 2.75) is 6.92 Å². The van der Waals surface area contributed by atoms with E-state index in [9.17, 15) is 9.59 Å². The van der Waals surface area contributed by atoms with Crippen molar-refractivity contribution in [3.05, 3.63) is 0 Å². The Hall–Kier alpha value is -1.10. The molecule has 0 heterocycles. The number of hydrogen-bond donors (Lipinski definition) is 1. The first-order chi connectivity index (χ1) is 4.16. The van der Waals surface area contributed by atoms with Crippen molar-refractivity contribution in [3.63, 3.8) is 0 Å². The van der Waals surface area contributed by atoms with Crippen molar-refractivity contribution in [1.82, 2.24) is 0 Å². The lowest BCUT2D eigenvalue weighted by Gasteiger charge is -1.95. The van der Waals surface area contributed by atoms with E-state index in [0.29, 0.717) is 0 Å². The Morgan fingerprint density at radius 1 is 1.44 bits per heavy atom. The Kier molecular flexibility index (Phi) is 3.38. The van der Waals surface area contributed by atoms with Crippen LogP contribution in [0.15, 0.2) is 0 Å². The molecule has 0 spiro atoms.